The van der Waals surface area contributed by atoms with Gasteiger partial charge in [0.15, 0.2) is 0 Å². The van der Waals surface area contributed by atoms with Crippen molar-refractivity contribution in [2.24, 2.45) is 0 Å². The third-order valence-corrected chi connectivity index (χ3v) is 2.25. The van der Waals surface area contributed by atoms with Gasteiger partial charge >= 0.3 is 0 Å². The number of terminal acetylenes is 1. The molecule has 0 saturated carbocycles. The van der Waals surface area contributed by atoms with E-state index in [0.29, 0.717) is 0 Å². The maximum atomic E-state index is 5.88. The first-order valence-electron chi connectivity index (χ1n) is 4.77. The van der Waals surface area contributed by atoms with Crippen LogP contribution in [0.5, 0.6) is 0 Å². The summed E-state index contributed by atoms with van der Waals surface area (Å²) in [5.74, 6) is 0. The molecule has 0 unspecified atom stereocenters. The Labute approximate surface area is 90.7 Å². The van der Waals surface area contributed by atoms with Crippen LogP contribution in [0.3, 0.4) is 0 Å². The van der Waals surface area contributed by atoms with Crippen LogP contribution in [0, 0.1) is 12.5 Å². The summed E-state index contributed by atoms with van der Waals surface area (Å²) >= 11 is 5.88. The lowest BCUT2D eigenvalue weighted by atomic mass is 10.2. The van der Waals surface area contributed by atoms with Gasteiger partial charge in [-0.2, -0.15) is 0 Å². The monoisotopic (exact) mass is 207 g/mol. The third kappa shape index (κ3) is 2.97. The Balaban J connectivity index is 2.75. The SMILES string of the molecule is C#CN(CCCC)c1cccc(Cl)c1. The molecule has 0 aliphatic heterocycles. The number of hydrogen-bond acceptors (Lipinski definition) is 1. The molecule has 0 aromatic heterocycles. The number of anilines is 1. The molecule has 14 heavy (non-hydrogen) atoms. The van der Waals surface area contributed by atoms with Gasteiger partial charge in [-0.05, 0) is 24.6 Å². The molecule has 0 heterocycles. The van der Waals surface area contributed by atoms with Crippen molar-refractivity contribution < 1.29 is 0 Å². The minimum Gasteiger partial charge on any atom is -0.302 e. The molecule has 0 aliphatic carbocycles. The standard InChI is InChI=1S/C12H14ClN/c1-3-5-9-14(4-2)12-8-6-7-11(13)10-12/h2,6-8,10H,3,5,9H2,1H3. The highest BCUT2D eigenvalue weighted by atomic mass is 35.5. The number of halogens is 1. The van der Waals surface area contributed by atoms with E-state index in [4.69, 9.17) is 18.0 Å². The maximum absolute atomic E-state index is 5.88. The number of unbranched alkanes of at least 4 members (excludes halogenated alkanes) is 1. The molecule has 0 spiro atoms. The Bertz CT molecular complexity index is 327. The first-order chi connectivity index (χ1) is 6.77. The van der Waals surface area contributed by atoms with Crippen molar-refractivity contribution in [3.8, 4) is 12.5 Å². The van der Waals surface area contributed by atoms with Gasteiger partial charge in [0.2, 0.25) is 0 Å². The smallest absolute Gasteiger partial charge is 0.0503 e. The first-order valence-corrected chi connectivity index (χ1v) is 5.15. The van der Waals surface area contributed by atoms with Crippen LogP contribution in [0.25, 0.3) is 0 Å². The van der Waals surface area contributed by atoms with E-state index in [0.717, 1.165) is 30.1 Å². The highest BCUT2D eigenvalue weighted by Crippen LogP contribution is 2.19. The molecule has 1 aromatic rings. The van der Waals surface area contributed by atoms with Crippen LogP contribution in [-0.4, -0.2) is 6.54 Å². The van der Waals surface area contributed by atoms with Crippen LogP contribution in [0.4, 0.5) is 5.69 Å². The van der Waals surface area contributed by atoms with E-state index in [1.165, 1.54) is 0 Å². The van der Waals surface area contributed by atoms with Gasteiger partial charge in [-0.1, -0.05) is 37.4 Å². The molecular formula is C12H14ClN. The minimum atomic E-state index is 0.722. The summed E-state index contributed by atoms with van der Waals surface area (Å²) in [5, 5.41) is 0.722. The van der Waals surface area contributed by atoms with Gasteiger partial charge in [0.1, 0.15) is 0 Å². The average Bonchev–Trinajstić information content (AvgIpc) is 2.19. The van der Waals surface area contributed by atoms with Crippen LogP contribution in [0.1, 0.15) is 19.8 Å². The molecule has 1 nitrogen and oxygen atoms in total. The largest absolute Gasteiger partial charge is 0.302 e. The summed E-state index contributed by atoms with van der Waals surface area (Å²) in [7, 11) is 0. The molecule has 0 atom stereocenters. The Morgan fingerprint density at radius 3 is 2.86 bits per heavy atom. The lowest BCUT2D eigenvalue weighted by molar-refractivity contribution is 0.790. The fourth-order valence-corrected chi connectivity index (χ4v) is 1.41. The fourth-order valence-electron chi connectivity index (χ4n) is 1.23. The van der Waals surface area contributed by atoms with Crippen LogP contribution in [0.15, 0.2) is 24.3 Å². The van der Waals surface area contributed by atoms with E-state index in [9.17, 15) is 0 Å². The van der Waals surface area contributed by atoms with E-state index in [1.54, 1.807) is 0 Å². The van der Waals surface area contributed by atoms with Crippen molar-refractivity contribution in [1.29, 1.82) is 0 Å². The second kappa shape index (κ2) is 5.57. The highest BCUT2D eigenvalue weighted by Gasteiger charge is 2.02. The Hall–Kier alpha value is -1.13. The van der Waals surface area contributed by atoms with Gasteiger partial charge in [-0.15, -0.1) is 0 Å². The van der Waals surface area contributed by atoms with Gasteiger partial charge < -0.3 is 4.90 Å². The molecule has 1 aromatic carbocycles. The zero-order chi connectivity index (χ0) is 10.4. The van der Waals surface area contributed by atoms with Crippen LogP contribution >= 0.6 is 11.6 Å². The van der Waals surface area contributed by atoms with E-state index < -0.39 is 0 Å². The number of nitrogens with zero attached hydrogens (tertiary/aromatic N) is 1. The minimum absolute atomic E-state index is 0.722. The molecule has 1 rings (SSSR count). The second-order valence-electron chi connectivity index (χ2n) is 3.11. The van der Waals surface area contributed by atoms with Crippen molar-refractivity contribution in [3.05, 3.63) is 29.3 Å². The van der Waals surface area contributed by atoms with E-state index in [1.807, 2.05) is 29.2 Å². The Morgan fingerprint density at radius 2 is 2.29 bits per heavy atom. The molecule has 0 fully saturated rings. The van der Waals surface area contributed by atoms with Crippen LogP contribution in [-0.2, 0) is 0 Å². The van der Waals surface area contributed by atoms with Gasteiger partial charge in [0.05, 0.1) is 5.69 Å². The summed E-state index contributed by atoms with van der Waals surface area (Å²) in [6.07, 6.45) is 7.66. The highest BCUT2D eigenvalue weighted by molar-refractivity contribution is 6.30. The molecule has 0 N–H and O–H groups in total. The van der Waals surface area contributed by atoms with Gasteiger partial charge in [-0.25, -0.2) is 0 Å². The predicted octanol–water partition coefficient (Wildman–Crippen LogP) is 3.54. The first kappa shape index (κ1) is 10.9. The third-order valence-electron chi connectivity index (χ3n) is 2.01. The molecule has 0 radical (unpaired) electrons. The fraction of sp³-hybridized carbons (Fsp3) is 0.333. The van der Waals surface area contributed by atoms with Crippen molar-refractivity contribution in [3.63, 3.8) is 0 Å². The molecule has 0 bridgehead atoms. The number of rotatable bonds is 4. The molecular weight excluding hydrogens is 194 g/mol. The molecule has 0 amide bonds. The summed E-state index contributed by atoms with van der Waals surface area (Å²) in [4.78, 5) is 1.88. The predicted molar refractivity (Wildman–Crippen MR) is 62.5 cm³/mol. The summed E-state index contributed by atoms with van der Waals surface area (Å²) in [6, 6.07) is 10.3. The average molecular weight is 208 g/mol. The second-order valence-corrected chi connectivity index (χ2v) is 3.55. The summed E-state index contributed by atoms with van der Waals surface area (Å²) in [5.41, 5.74) is 0.994. The van der Waals surface area contributed by atoms with Crippen molar-refractivity contribution in [1.82, 2.24) is 0 Å². The quantitative estimate of drug-likeness (QED) is 0.539. The van der Waals surface area contributed by atoms with Gasteiger partial charge in [0.25, 0.3) is 0 Å². The summed E-state index contributed by atoms with van der Waals surface area (Å²) in [6.45, 7) is 3.03. The lowest BCUT2D eigenvalue weighted by Crippen LogP contribution is -2.17. The maximum Gasteiger partial charge on any atom is 0.0503 e. The Kier molecular flexibility index (Phi) is 4.35. The summed E-state index contributed by atoms with van der Waals surface area (Å²) < 4.78 is 0. The number of hydrogen-bond donors (Lipinski definition) is 0. The lowest BCUT2D eigenvalue weighted by Gasteiger charge is -2.17. The molecule has 0 saturated heterocycles. The molecule has 0 aliphatic rings. The van der Waals surface area contributed by atoms with Crippen LogP contribution < -0.4 is 4.90 Å². The molecule has 74 valence electrons. The van der Waals surface area contributed by atoms with Crippen LogP contribution in [0.2, 0.25) is 5.02 Å². The van der Waals surface area contributed by atoms with Gasteiger partial charge in [0, 0.05) is 17.6 Å². The topological polar surface area (TPSA) is 3.24 Å². The normalized spacial score (nSPS) is 9.50. The van der Waals surface area contributed by atoms with E-state index in [2.05, 4.69) is 13.0 Å². The van der Waals surface area contributed by atoms with Crippen molar-refractivity contribution in [2.75, 3.05) is 11.4 Å². The Morgan fingerprint density at radius 1 is 1.50 bits per heavy atom. The van der Waals surface area contributed by atoms with E-state index in [-0.39, 0.29) is 0 Å². The zero-order valence-corrected chi connectivity index (χ0v) is 9.09. The van der Waals surface area contributed by atoms with Crippen molar-refractivity contribution in [2.45, 2.75) is 19.8 Å². The number of benzene rings is 1. The van der Waals surface area contributed by atoms with Crippen molar-refractivity contribution >= 4 is 17.3 Å². The zero-order valence-electron chi connectivity index (χ0n) is 8.33. The van der Waals surface area contributed by atoms with Gasteiger partial charge in [-0.3, -0.25) is 0 Å². The van der Waals surface area contributed by atoms with E-state index >= 15 is 0 Å². The molecule has 2 heteroatoms.